The molecule has 0 heterocycles. The van der Waals surface area contributed by atoms with Crippen LogP contribution in [0.5, 0.6) is 0 Å². The smallest absolute Gasteiger partial charge is 0.354 e. The number of rotatable bonds is 5. The molecule has 0 saturated carbocycles. The molecule has 0 saturated heterocycles. The first-order valence-electron chi connectivity index (χ1n) is 5.98. The topological polar surface area (TPSA) is 102 Å². The van der Waals surface area contributed by atoms with Crippen molar-refractivity contribution in [2.24, 2.45) is 0 Å². The van der Waals surface area contributed by atoms with Gasteiger partial charge in [-0.3, -0.25) is 0 Å². The standard InChI is InChI=1S/C14H14FNO6/c1-7-9(15)4-8(13(18)19)5-10(7)16-11(14(20)22-3)6-12(17)21-2/h4-6,16H,1-3H3,(H,18,19)/b11-6+. The summed E-state index contributed by atoms with van der Waals surface area (Å²) in [5.41, 5.74) is -0.546. The molecule has 7 nitrogen and oxygen atoms in total. The molecule has 118 valence electrons. The van der Waals surface area contributed by atoms with Gasteiger partial charge in [-0.1, -0.05) is 0 Å². The highest BCUT2D eigenvalue weighted by atomic mass is 19.1. The van der Waals surface area contributed by atoms with Crippen molar-refractivity contribution in [1.82, 2.24) is 0 Å². The zero-order chi connectivity index (χ0) is 16.9. The summed E-state index contributed by atoms with van der Waals surface area (Å²) in [5, 5.41) is 11.4. The maximum Gasteiger partial charge on any atom is 0.354 e. The molecule has 0 unspecified atom stereocenters. The molecule has 1 rings (SSSR count). The average Bonchev–Trinajstić information content (AvgIpc) is 2.49. The number of carboxylic acid groups (broad SMARTS) is 1. The first-order valence-corrected chi connectivity index (χ1v) is 5.98. The minimum absolute atomic E-state index is 0.0120. The molecule has 0 aliphatic rings. The summed E-state index contributed by atoms with van der Waals surface area (Å²) in [4.78, 5) is 33.8. The van der Waals surface area contributed by atoms with Crippen LogP contribution < -0.4 is 5.32 Å². The fraction of sp³-hybridized carbons (Fsp3) is 0.214. The largest absolute Gasteiger partial charge is 0.478 e. The van der Waals surface area contributed by atoms with Crippen molar-refractivity contribution in [2.45, 2.75) is 6.92 Å². The van der Waals surface area contributed by atoms with Crippen LogP contribution in [-0.2, 0) is 19.1 Å². The first kappa shape index (κ1) is 17.2. The van der Waals surface area contributed by atoms with Crippen LogP contribution >= 0.6 is 0 Å². The van der Waals surface area contributed by atoms with E-state index in [0.717, 1.165) is 32.4 Å². The summed E-state index contributed by atoms with van der Waals surface area (Å²) in [6, 6.07) is 1.99. The van der Waals surface area contributed by atoms with Gasteiger partial charge in [0.15, 0.2) is 0 Å². The van der Waals surface area contributed by atoms with Gasteiger partial charge in [-0.15, -0.1) is 0 Å². The van der Waals surface area contributed by atoms with E-state index < -0.39 is 23.7 Å². The lowest BCUT2D eigenvalue weighted by molar-refractivity contribution is -0.138. The highest BCUT2D eigenvalue weighted by Gasteiger charge is 2.17. The van der Waals surface area contributed by atoms with Gasteiger partial charge in [0.1, 0.15) is 11.5 Å². The van der Waals surface area contributed by atoms with Crippen LogP contribution in [0.1, 0.15) is 15.9 Å². The van der Waals surface area contributed by atoms with Crippen LogP contribution in [0.2, 0.25) is 0 Å². The van der Waals surface area contributed by atoms with Crippen LogP contribution in [0, 0.1) is 12.7 Å². The molecular formula is C14H14FNO6. The average molecular weight is 311 g/mol. The monoisotopic (exact) mass is 311 g/mol. The number of benzene rings is 1. The van der Waals surface area contributed by atoms with Gasteiger partial charge in [-0.05, 0) is 19.1 Å². The van der Waals surface area contributed by atoms with Gasteiger partial charge in [0.05, 0.1) is 25.9 Å². The van der Waals surface area contributed by atoms with Crippen molar-refractivity contribution in [3.05, 3.63) is 40.8 Å². The number of anilines is 1. The third kappa shape index (κ3) is 4.05. The summed E-state index contributed by atoms with van der Waals surface area (Å²) in [6.07, 6.45) is 0.816. The number of carboxylic acids is 1. The Balaban J connectivity index is 3.29. The number of hydrogen-bond donors (Lipinski definition) is 2. The predicted molar refractivity (Wildman–Crippen MR) is 73.8 cm³/mol. The van der Waals surface area contributed by atoms with Gasteiger partial charge in [0.25, 0.3) is 0 Å². The molecule has 0 aliphatic heterocycles. The lowest BCUT2D eigenvalue weighted by atomic mass is 10.1. The Morgan fingerprint density at radius 3 is 2.36 bits per heavy atom. The molecule has 0 bridgehead atoms. The number of aromatic carboxylic acids is 1. The number of hydrogen-bond acceptors (Lipinski definition) is 6. The molecule has 0 spiro atoms. The zero-order valence-electron chi connectivity index (χ0n) is 12.1. The molecule has 0 radical (unpaired) electrons. The SMILES string of the molecule is COC(=O)/C=C(/Nc1cc(C(=O)O)cc(F)c1C)C(=O)OC. The van der Waals surface area contributed by atoms with E-state index in [1.807, 2.05) is 0 Å². The number of nitrogens with one attached hydrogen (secondary N) is 1. The molecule has 0 aromatic heterocycles. The van der Waals surface area contributed by atoms with E-state index in [9.17, 15) is 18.8 Å². The molecule has 0 amide bonds. The van der Waals surface area contributed by atoms with Crippen molar-refractivity contribution in [1.29, 1.82) is 0 Å². The van der Waals surface area contributed by atoms with Crippen LogP contribution in [0.25, 0.3) is 0 Å². The Bertz CT molecular complexity index is 653. The molecular weight excluding hydrogens is 297 g/mol. The van der Waals surface area contributed by atoms with Crippen molar-refractivity contribution >= 4 is 23.6 Å². The predicted octanol–water partition coefficient (Wildman–Crippen LogP) is 1.47. The van der Waals surface area contributed by atoms with Crippen molar-refractivity contribution in [3.8, 4) is 0 Å². The van der Waals surface area contributed by atoms with E-state index in [2.05, 4.69) is 14.8 Å². The molecule has 1 aromatic rings. The van der Waals surface area contributed by atoms with E-state index in [-0.39, 0.29) is 22.5 Å². The number of carbonyl (C=O) groups is 3. The van der Waals surface area contributed by atoms with Crippen molar-refractivity contribution in [2.75, 3.05) is 19.5 Å². The summed E-state index contributed by atoms with van der Waals surface area (Å²) < 4.78 is 22.6. The van der Waals surface area contributed by atoms with Crippen LogP contribution in [0.15, 0.2) is 23.9 Å². The van der Waals surface area contributed by atoms with Gasteiger partial charge < -0.3 is 19.9 Å². The third-order valence-electron chi connectivity index (χ3n) is 2.73. The summed E-state index contributed by atoms with van der Waals surface area (Å²) >= 11 is 0. The third-order valence-corrected chi connectivity index (χ3v) is 2.73. The van der Waals surface area contributed by atoms with E-state index in [0.29, 0.717) is 0 Å². The van der Waals surface area contributed by atoms with E-state index in [4.69, 9.17) is 5.11 Å². The fourth-order valence-corrected chi connectivity index (χ4v) is 1.51. The number of carbonyl (C=O) groups excluding carboxylic acids is 2. The molecule has 0 aliphatic carbocycles. The second-order valence-electron chi connectivity index (χ2n) is 4.13. The Morgan fingerprint density at radius 1 is 1.23 bits per heavy atom. The molecule has 8 heteroatoms. The number of halogens is 1. The zero-order valence-corrected chi connectivity index (χ0v) is 12.1. The Morgan fingerprint density at radius 2 is 1.86 bits per heavy atom. The first-order chi connectivity index (χ1) is 10.3. The normalized spacial score (nSPS) is 10.8. The quantitative estimate of drug-likeness (QED) is 0.627. The maximum atomic E-state index is 13.7. The highest BCUT2D eigenvalue weighted by Crippen LogP contribution is 2.22. The van der Waals surface area contributed by atoms with E-state index >= 15 is 0 Å². The van der Waals surface area contributed by atoms with Gasteiger partial charge in [-0.25, -0.2) is 18.8 Å². The Kier molecular flexibility index (Phi) is 5.62. The summed E-state index contributed by atoms with van der Waals surface area (Å²) in [7, 11) is 2.21. The molecule has 2 N–H and O–H groups in total. The molecule has 22 heavy (non-hydrogen) atoms. The molecule has 0 atom stereocenters. The number of esters is 2. The van der Waals surface area contributed by atoms with Gasteiger partial charge >= 0.3 is 17.9 Å². The van der Waals surface area contributed by atoms with E-state index in [1.54, 1.807) is 0 Å². The minimum atomic E-state index is -1.33. The number of methoxy groups -OCH3 is 2. The lowest BCUT2D eigenvalue weighted by Crippen LogP contribution is -2.16. The minimum Gasteiger partial charge on any atom is -0.478 e. The van der Waals surface area contributed by atoms with Gasteiger partial charge in [-0.2, -0.15) is 0 Å². The summed E-state index contributed by atoms with van der Waals surface area (Å²) in [5.74, 6) is -3.84. The van der Waals surface area contributed by atoms with E-state index in [1.165, 1.54) is 6.92 Å². The van der Waals surface area contributed by atoms with Crippen molar-refractivity contribution < 1.29 is 33.4 Å². The number of ether oxygens (including phenoxy) is 2. The second-order valence-corrected chi connectivity index (χ2v) is 4.13. The molecule has 0 fully saturated rings. The van der Waals surface area contributed by atoms with Crippen molar-refractivity contribution in [3.63, 3.8) is 0 Å². The second kappa shape index (κ2) is 7.21. The van der Waals surface area contributed by atoms with Crippen LogP contribution in [-0.4, -0.2) is 37.2 Å². The summed E-state index contributed by atoms with van der Waals surface area (Å²) in [6.45, 7) is 1.39. The Labute approximate surface area is 125 Å². The van der Waals surface area contributed by atoms with Gasteiger partial charge in [0.2, 0.25) is 0 Å². The van der Waals surface area contributed by atoms with Crippen LogP contribution in [0.3, 0.4) is 0 Å². The fourth-order valence-electron chi connectivity index (χ4n) is 1.51. The highest BCUT2D eigenvalue weighted by molar-refractivity contribution is 5.99. The maximum absolute atomic E-state index is 13.7. The van der Waals surface area contributed by atoms with Crippen LogP contribution in [0.4, 0.5) is 10.1 Å². The van der Waals surface area contributed by atoms with Gasteiger partial charge in [0, 0.05) is 11.3 Å². The lowest BCUT2D eigenvalue weighted by Gasteiger charge is -2.13. The molecule has 1 aromatic carbocycles. The Hall–Kier alpha value is -2.90.